The second-order valence-corrected chi connectivity index (χ2v) is 7.09. The van der Waals surface area contributed by atoms with Gasteiger partial charge in [0.15, 0.2) is 0 Å². The highest BCUT2D eigenvalue weighted by atomic mass is 19.4. The highest BCUT2D eigenvalue weighted by molar-refractivity contribution is 5.76. The van der Waals surface area contributed by atoms with Crippen LogP contribution in [0.3, 0.4) is 0 Å². The fourth-order valence-electron chi connectivity index (χ4n) is 3.27. The third-order valence-corrected chi connectivity index (χ3v) is 4.74. The Bertz CT molecular complexity index is 1260. The van der Waals surface area contributed by atoms with Crippen LogP contribution in [-0.2, 0) is 13.6 Å². The normalized spacial score (nSPS) is 11.4. The monoisotopic (exact) mass is 440 g/mol. The number of hydrogen-bond acceptors (Lipinski definition) is 4. The molecule has 0 atom stereocenters. The van der Waals surface area contributed by atoms with Crippen molar-refractivity contribution >= 4 is 5.69 Å². The van der Waals surface area contributed by atoms with E-state index in [4.69, 9.17) is 0 Å². The van der Waals surface area contributed by atoms with Crippen LogP contribution in [0.4, 0.5) is 18.9 Å². The number of rotatable bonds is 6. The van der Waals surface area contributed by atoms with E-state index in [9.17, 15) is 18.0 Å². The number of benzene rings is 2. The van der Waals surface area contributed by atoms with Crippen LogP contribution >= 0.6 is 0 Å². The Morgan fingerprint density at radius 1 is 1.03 bits per heavy atom. The summed E-state index contributed by atoms with van der Waals surface area (Å²) in [5.74, 6) is -0.358. The fourth-order valence-corrected chi connectivity index (χ4v) is 3.27. The Morgan fingerprint density at radius 2 is 1.75 bits per heavy atom. The Kier molecular flexibility index (Phi) is 5.72. The summed E-state index contributed by atoms with van der Waals surface area (Å²) in [4.78, 5) is 12.8. The molecule has 0 bridgehead atoms. The number of nitrogens with zero attached hydrogens (tertiary/aromatic N) is 3. The van der Waals surface area contributed by atoms with Gasteiger partial charge in [0.1, 0.15) is 5.75 Å². The Labute approximate surface area is 181 Å². The van der Waals surface area contributed by atoms with E-state index < -0.39 is 6.36 Å². The summed E-state index contributed by atoms with van der Waals surface area (Å²) in [6.45, 7) is 0.515. The van der Waals surface area contributed by atoms with Gasteiger partial charge in [0.25, 0.3) is 5.56 Å². The molecule has 0 aliphatic rings. The first-order valence-corrected chi connectivity index (χ1v) is 9.68. The fraction of sp³-hybridized carbons (Fsp3) is 0.130. The minimum absolute atomic E-state index is 0.335. The van der Waals surface area contributed by atoms with Crippen LogP contribution in [0.5, 0.6) is 5.75 Å². The van der Waals surface area contributed by atoms with E-state index in [1.54, 1.807) is 24.1 Å². The van der Waals surface area contributed by atoms with Gasteiger partial charge in [-0.15, -0.1) is 13.2 Å². The van der Waals surface area contributed by atoms with E-state index in [1.807, 2.05) is 36.5 Å². The smallest absolute Gasteiger partial charge is 0.406 e. The number of aromatic nitrogens is 3. The minimum atomic E-state index is -4.78. The molecule has 164 valence electrons. The van der Waals surface area contributed by atoms with Gasteiger partial charge in [-0.1, -0.05) is 30.3 Å². The molecule has 0 spiro atoms. The van der Waals surface area contributed by atoms with Gasteiger partial charge < -0.3 is 10.1 Å². The molecule has 4 rings (SSSR count). The SMILES string of the molecule is Cn1cc(-c2cn(-c3ccc(OC(F)(F)F)cc3)c(=O)cc2NCc2ccccc2)cn1. The van der Waals surface area contributed by atoms with Crippen molar-refractivity contribution in [3.8, 4) is 22.6 Å². The molecule has 2 aromatic carbocycles. The third kappa shape index (κ3) is 5.00. The lowest BCUT2D eigenvalue weighted by atomic mass is 10.1. The highest BCUT2D eigenvalue weighted by Crippen LogP contribution is 2.28. The maximum atomic E-state index is 12.8. The topological polar surface area (TPSA) is 61.1 Å². The van der Waals surface area contributed by atoms with Crippen molar-refractivity contribution in [2.45, 2.75) is 12.9 Å². The molecule has 32 heavy (non-hydrogen) atoms. The summed E-state index contributed by atoms with van der Waals surface area (Å²) in [5, 5.41) is 7.50. The summed E-state index contributed by atoms with van der Waals surface area (Å²) in [7, 11) is 1.79. The molecule has 2 aromatic heterocycles. The molecule has 1 N–H and O–H groups in total. The molecule has 0 amide bonds. The molecule has 4 aromatic rings. The Morgan fingerprint density at radius 3 is 2.38 bits per heavy atom. The molecule has 6 nitrogen and oxygen atoms in total. The van der Waals surface area contributed by atoms with Crippen LogP contribution in [-0.4, -0.2) is 20.7 Å². The zero-order valence-electron chi connectivity index (χ0n) is 17.0. The molecule has 0 fully saturated rings. The largest absolute Gasteiger partial charge is 0.573 e. The van der Waals surface area contributed by atoms with Crippen molar-refractivity contribution in [2.24, 2.45) is 7.05 Å². The van der Waals surface area contributed by atoms with Crippen molar-refractivity contribution < 1.29 is 17.9 Å². The van der Waals surface area contributed by atoms with Gasteiger partial charge in [-0.05, 0) is 29.8 Å². The van der Waals surface area contributed by atoms with Gasteiger partial charge in [-0.3, -0.25) is 14.0 Å². The molecule has 0 unspecified atom stereocenters. The number of aryl methyl sites for hydroxylation is 1. The van der Waals surface area contributed by atoms with Crippen LogP contribution in [0.25, 0.3) is 16.8 Å². The summed E-state index contributed by atoms with van der Waals surface area (Å²) in [6.07, 6.45) is 0.362. The van der Waals surface area contributed by atoms with Gasteiger partial charge in [-0.2, -0.15) is 5.10 Å². The number of anilines is 1. The maximum absolute atomic E-state index is 12.8. The second-order valence-electron chi connectivity index (χ2n) is 7.09. The summed E-state index contributed by atoms with van der Waals surface area (Å²) in [5.41, 5.74) is 3.26. The summed E-state index contributed by atoms with van der Waals surface area (Å²) >= 11 is 0. The van der Waals surface area contributed by atoms with Crippen molar-refractivity contribution in [1.29, 1.82) is 0 Å². The van der Waals surface area contributed by atoms with E-state index in [1.165, 1.54) is 34.9 Å². The van der Waals surface area contributed by atoms with Crippen molar-refractivity contribution in [3.05, 3.63) is 95.2 Å². The van der Waals surface area contributed by atoms with Gasteiger partial charge in [0.2, 0.25) is 0 Å². The van der Waals surface area contributed by atoms with Crippen LogP contribution < -0.4 is 15.6 Å². The average Bonchev–Trinajstić information content (AvgIpc) is 3.19. The quantitative estimate of drug-likeness (QED) is 0.470. The lowest BCUT2D eigenvalue weighted by Crippen LogP contribution is -2.19. The molecule has 0 aliphatic heterocycles. The second kappa shape index (κ2) is 8.62. The molecule has 0 radical (unpaired) electrons. The molecule has 2 heterocycles. The van der Waals surface area contributed by atoms with Crippen LogP contribution in [0.15, 0.2) is 84.0 Å². The van der Waals surface area contributed by atoms with Gasteiger partial charge in [0.05, 0.1) is 6.20 Å². The first-order chi connectivity index (χ1) is 15.3. The third-order valence-electron chi connectivity index (χ3n) is 4.74. The Balaban J connectivity index is 1.70. The van der Waals surface area contributed by atoms with Gasteiger partial charge in [0, 0.05) is 54.6 Å². The van der Waals surface area contributed by atoms with Gasteiger partial charge in [-0.25, -0.2) is 0 Å². The first-order valence-electron chi connectivity index (χ1n) is 9.68. The Hall–Kier alpha value is -4.01. The lowest BCUT2D eigenvalue weighted by molar-refractivity contribution is -0.274. The predicted octanol–water partition coefficient (Wildman–Crippen LogP) is 4.75. The van der Waals surface area contributed by atoms with E-state index in [0.29, 0.717) is 17.9 Å². The molecule has 0 saturated carbocycles. The molecular weight excluding hydrogens is 421 g/mol. The van der Waals surface area contributed by atoms with Crippen molar-refractivity contribution in [2.75, 3.05) is 5.32 Å². The van der Waals surface area contributed by atoms with E-state index in [0.717, 1.165) is 16.7 Å². The summed E-state index contributed by atoms with van der Waals surface area (Å²) < 4.78 is 44.2. The van der Waals surface area contributed by atoms with E-state index in [-0.39, 0.29) is 11.3 Å². The minimum Gasteiger partial charge on any atom is -0.406 e. The van der Waals surface area contributed by atoms with Gasteiger partial charge >= 0.3 is 6.36 Å². The highest BCUT2D eigenvalue weighted by Gasteiger charge is 2.31. The van der Waals surface area contributed by atoms with Crippen molar-refractivity contribution in [3.63, 3.8) is 0 Å². The molecular formula is C23H19F3N4O2. The lowest BCUT2D eigenvalue weighted by Gasteiger charge is -2.15. The maximum Gasteiger partial charge on any atom is 0.573 e. The average molecular weight is 440 g/mol. The number of ether oxygens (including phenoxy) is 1. The zero-order chi connectivity index (χ0) is 22.7. The van der Waals surface area contributed by atoms with E-state index >= 15 is 0 Å². The van der Waals surface area contributed by atoms with Crippen molar-refractivity contribution in [1.82, 2.24) is 14.3 Å². The predicted molar refractivity (Wildman–Crippen MR) is 115 cm³/mol. The molecule has 0 aliphatic carbocycles. The van der Waals surface area contributed by atoms with Crippen LogP contribution in [0.1, 0.15) is 5.56 Å². The number of halogens is 3. The van der Waals surface area contributed by atoms with Crippen LogP contribution in [0, 0.1) is 0 Å². The number of pyridine rings is 1. The summed E-state index contributed by atoms with van der Waals surface area (Å²) in [6, 6.07) is 16.3. The number of alkyl halides is 3. The zero-order valence-corrected chi connectivity index (χ0v) is 17.0. The molecule has 0 saturated heterocycles. The standard InChI is InChI=1S/C23H19F3N4O2/c1-29-14-17(13-28-29)20-15-30(18-7-9-19(10-8-18)32-23(24,25)26)22(31)11-21(20)27-12-16-5-3-2-4-6-16/h2-11,13-15,27H,12H2,1H3. The number of nitrogens with one attached hydrogen (secondary N) is 1. The van der Waals surface area contributed by atoms with Crippen LogP contribution in [0.2, 0.25) is 0 Å². The number of hydrogen-bond donors (Lipinski definition) is 1. The van der Waals surface area contributed by atoms with E-state index in [2.05, 4.69) is 15.2 Å². The molecule has 9 heteroatoms. The first kappa shape index (κ1) is 21.2.